The van der Waals surface area contributed by atoms with Crippen molar-refractivity contribution in [3.05, 3.63) is 41.1 Å². The van der Waals surface area contributed by atoms with E-state index in [4.69, 9.17) is 4.42 Å². The third-order valence-electron chi connectivity index (χ3n) is 4.34. The van der Waals surface area contributed by atoms with Gasteiger partial charge in [-0.05, 0) is 32.9 Å². The molecule has 6 nitrogen and oxygen atoms in total. The smallest absolute Gasteiger partial charge is 0.191 e. The summed E-state index contributed by atoms with van der Waals surface area (Å²) in [7, 11) is 3.86. The average Bonchev–Trinajstić information content (AvgIpc) is 3.20. The second kappa shape index (κ2) is 6.32. The third-order valence-corrected chi connectivity index (χ3v) is 5.36. The van der Waals surface area contributed by atoms with Crippen molar-refractivity contribution >= 4 is 17.5 Å². The van der Waals surface area contributed by atoms with Gasteiger partial charge < -0.3 is 13.6 Å². The summed E-state index contributed by atoms with van der Waals surface area (Å²) >= 11 is 1.40. The van der Waals surface area contributed by atoms with Crippen molar-refractivity contribution in [2.45, 2.75) is 25.9 Å². The van der Waals surface area contributed by atoms with E-state index >= 15 is 0 Å². The number of nitrogens with zero attached hydrogens (tertiary/aromatic N) is 4. The van der Waals surface area contributed by atoms with Crippen molar-refractivity contribution in [2.24, 2.45) is 14.1 Å². The lowest BCUT2D eigenvalue weighted by Crippen LogP contribution is -2.05. The van der Waals surface area contributed by atoms with E-state index in [1.165, 1.54) is 11.8 Å². The van der Waals surface area contributed by atoms with Crippen LogP contribution in [0.2, 0.25) is 0 Å². The molecular weight excluding hydrogens is 324 g/mol. The highest BCUT2D eigenvalue weighted by Crippen LogP contribution is 2.26. The third kappa shape index (κ3) is 2.80. The molecule has 0 saturated carbocycles. The predicted molar refractivity (Wildman–Crippen MR) is 93.4 cm³/mol. The van der Waals surface area contributed by atoms with E-state index in [-0.39, 0.29) is 5.78 Å². The summed E-state index contributed by atoms with van der Waals surface area (Å²) < 4.78 is 9.24. The lowest BCUT2D eigenvalue weighted by Gasteiger charge is -2.04. The zero-order valence-electron chi connectivity index (χ0n) is 14.5. The van der Waals surface area contributed by atoms with Crippen LogP contribution in [0, 0.1) is 20.8 Å². The van der Waals surface area contributed by atoms with Crippen LogP contribution in [0.25, 0.3) is 11.4 Å². The number of rotatable bonds is 5. The van der Waals surface area contributed by atoms with E-state index in [0.717, 1.165) is 34.1 Å². The molecule has 3 aromatic heterocycles. The highest BCUT2D eigenvalue weighted by atomic mass is 32.2. The number of carbonyl (C=O) groups excluding carboxylic acids is 1. The highest BCUT2D eigenvalue weighted by Gasteiger charge is 2.18. The number of hydrogen-bond acceptors (Lipinski definition) is 5. The number of ketones is 1. The predicted octanol–water partition coefficient (Wildman–Crippen LogP) is 3.31. The van der Waals surface area contributed by atoms with Crippen LogP contribution >= 0.6 is 11.8 Å². The molecule has 3 rings (SSSR count). The molecule has 0 radical (unpaired) electrons. The van der Waals surface area contributed by atoms with Gasteiger partial charge in [-0.3, -0.25) is 4.79 Å². The van der Waals surface area contributed by atoms with Crippen molar-refractivity contribution in [2.75, 3.05) is 5.75 Å². The standard InChI is InChI=1S/C17H20N4O2S/c1-10-8-14(11(2)20(10)4)15(22)9-24-17-19-18-16(21(17)5)13-6-7-23-12(13)3/h6-8H,9H2,1-5H3. The van der Waals surface area contributed by atoms with Gasteiger partial charge >= 0.3 is 0 Å². The Labute approximate surface area is 144 Å². The fourth-order valence-corrected chi connectivity index (χ4v) is 3.43. The summed E-state index contributed by atoms with van der Waals surface area (Å²) in [5, 5.41) is 9.13. The van der Waals surface area contributed by atoms with Crippen LogP contribution in [0.15, 0.2) is 28.0 Å². The van der Waals surface area contributed by atoms with E-state index in [2.05, 4.69) is 10.2 Å². The molecule has 0 atom stereocenters. The zero-order chi connectivity index (χ0) is 17.4. The first-order valence-corrected chi connectivity index (χ1v) is 8.61. The molecule has 0 N–H and O–H groups in total. The molecular formula is C17H20N4O2S. The minimum atomic E-state index is 0.102. The Morgan fingerprint density at radius 2 is 1.96 bits per heavy atom. The lowest BCUT2D eigenvalue weighted by atomic mass is 10.2. The monoisotopic (exact) mass is 344 g/mol. The molecule has 24 heavy (non-hydrogen) atoms. The number of aryl methyl sites for hydroxylation is 2. The van der Waals surface area contributed by atoms with Crippen molar-refractivity contribution in [3.63, 3.8) is 0 Å². The summed E-state index contributed by atoms with van der Waals surface area (Å²) in [6, 6.07) is 3.81. The maximum atomic E-state index is 12.5. The number of thioether (sulfide) groups is 1. The molecule has 0 aliphatic carbocycles. The molecule has 126 valence electrons. The number of furan rings is 1. The number of aromatic nitrogens is 4. The van der Waals surface area contributed by atoms with Crippen LogP contribution in [-0.4, -0.2) is 30.9 Å². The van der Waals surface area contributed by atoms with Gasteiger partial charge in [0.05, 0.1) is 17.6 Å². The minimum Gasteiger partial charge on any atom is -0.469 e. The molecule has 0 fully saturated rings. The Balaban J connectivity index is 1.76. The van der Waals surface area contributed by atoms with Crippen molar-refractivity contribution in [1.29, 1.82) is 0 Å². The van der Waals surface area contributed by atoms with Gasteiger partial charge in [-0.1, -0.05) is 11.8 Å². The summed E-state index contributed by atoms with van der Waals surface area (Å²) in [6.45, 7) is 5.85. The number of carbonyl (C=O) groups is 1. The Hall–Kier alpha value is -2.28. The molecule has 0 aliphatic rings. The maximum absolute atomic E-state index is 12.5. The first-order valence-electron chi connectivity index (χ1n) is 7.63. The summed E-state index contributed by atoms with van der Waals surface area (Å²) in [6.07, 6.45) is 1.64. The SMILES string of the molecule is Cc1occc1-c1nnc(SCC(=O)c2cc(C)n(C)c2C)n1C. The molecule has 0 spiro atoms. The van der Waals surface area contributed by atoms with Gasteiger partial charge in [-0.25, -0.2) is 0 Å². The summed E-state index contributed by atoms with van der Waals surface area (Å²) in [5.41, 5.74) is 3.76. The van der Waals surface area contributed by atoms with Crippen LogP contribution in [0.4, 0.5) is 0 Å². The van der Waals surface area contributed by atoms with E-state index in [1.54, 1.807) is 6.26 Å². The second-order valence-corrected chi connectivity index (χ2v) is 6.75. The van der Waals surface area contributed by atoms with Crippen LogP contribution in [0.1, 0.15) is 27.5 Å². The number of hydrogen-bond donors (Lipinski definition) is 0. The van der Waals surface area contributed by atoms with Gasteiger partial charge in [0, 0.05) is 31.0 Å². The van der Waals surface area contributed by atoms with Gasteiger partial charge in [0.15, 0.2) is 16.8 Å². The van der Waals surface area contributed by atoms with Gasteiger partial charge in [-0.2, -0.15) is 0 Å². The fraction of sp³-hybridized carbons (Fsp3) is 0.353. The first-order chi connectivity index (χ1) is 11.4. The quantitative estimate of drug-likeness (QED) is 0.525. The van der Waals surface area contributed by atoms with Crippen molar-refractivity contribution < 1.29 is 9.21 Å². The average molecular weight is 344 g/mol. The Kier molecular flexibility index (Phi) is 4.36. The molecule has 0 amide bonds. The van der Waals surface area contributed by atoms with Gasteiger partial charge in [0.1, 0.15) is 5.76 Å². The van der Waals surface area contributed by atoms with Crippen LogP contribution in [0.3, 0.4) is 0 Å². The van der Waals surface area contributed by atoms with Crippen LogP contribution in [-0.2, 0) is 14.1 Å². The minimum absolute atomic E-state index is 0.102. The summed E-state index contributed by atoms with van der Waals surface area (Å²) in [5.74, 6) is 1.97. The number of Topliss-reactive ketones (excluding diaryl/α,β-unsaturated/α-hetero) is 1. The molecule has 7 heteroatoms. The van der Waals surface area contributed by atoms with Crippen LogP contribution < -0.4 is 0 Å². The van der Waals surface area contributed by atoms with E-state index < -0.39 is 0 Å². The Bertz CT molecular complexity index is 904. The van der Waals surface area contributed by atoms with E-state index in [9.17, 15) is 4.79 Å². The highest BCUT2D eigenvalue weighted by molar-refractivity contribution is 7.99. The lowest BCUT2D eigenvalue weighted by molar-refractivity contribution is 0.102. The Morgan fingerprint density at radius 1 is 1.21 bits per heavy atom. The normalized spacial score (nSPS) is 11.2. The molecule has 3 aromatic rings. The summed E-state index contributed by atoms with van der Waals surface area (Å²) in [4.78, 5) is 12.5. The molecule has 0 saturated heterocycles. The largest absolute Gasteiger partial charge is 0.469 e. The topological polar surface area (TPSA) is 65.8 Å². The van der Waals surface area contributed by atoms with Crippen molar-refractivity contribution in [1.82, 2.24) is 19.3 Å². The van der Waals surface area contributed by atoms with Crippen LogP contribution in [0.5, 0.6) is 0 Å². The molecule has 0 bridgehead atoms. The zero-order valence-corrected chi connectivity index (χ0v) is 15.3. The molecule has 3 heterocycles. The maximum Gasteiger partial charge on any atom is 0.191 e. The molecule has 0 aromatic carbocycles. The second-order valence-electron chi connectivity index (χ2n) is 5.81. The fourth-order valence-electron chi connectivity index (χ4n) is 2.64. The first kappa shape index (κ1) is 16.6. The molecule has 0 aliphatic heterocycles. The van der Waals surface area contributed by atoms with Gasteiger partial charge in [-0.15, -0.1) is 10.2 Å². The van der Waals surface area contributed by atoms with E-state index in [0.29, 0.717) is 10.9 Å². The van der Waals surface area contributed by atoms with Crippen molar-refractivity contribution in [3.8, 4) is 11.4 Å². The van der Waals surface area contributed by atoms with Gasteiger partial charge in [0.2, 0.25) is 0 Å². The van der Waals surface area contributed by atoms with E-state index in [1.807, 2.05) is 56.1 Å². The molecule has 0 unspecified atom stereocenters. The Morgan fingerprint density at radius 3 is 2.54 bits per heavy atom. The van der Waals surface area contributed by atoms with Gasteiger partial charge in [0.25, 0.3) is 0 Å².